The van der Waals surface area contributed by atoms with Crippen molar-refractivity contribution in [2.75, 3.05) is 25.6 Å². The van der Waals surface area contributed by atoms with Gasteiger partial charge < -0.3 is 9.64 Å². The fourth-order valence-corrected chi connectivity index (χ4v) is 2.69. The minimum Gasteiger partial charge on any atom is -0.445 e. The van der Waals surface area contributed by atoms with Gasteiger partial charge in [-0.05, 0) is 5.56 Å². The number of benzene rings is 1. The molecule has 1 aliphatic rings. The maximum Gasteiger partial charge on any atom is 0.410 e. The molecule has 1 aromatic rings. The highest BCUT2D eigenvalue weighted by atomic mass is 32.2. The van der Waals surface area contributed by atoms with Gasteiger partial charge in [0.2, 0.25) is 0 Å². The summed E-state index contributed by atoms with van der Waals surface area (Å²) in [5.74, 6) is 0. The van der Waals surface area contributed by atoms with Gasteiger partial charge in [-0.3, -0.25) is 4.21 Å². The highest BCUT2D eigenvalue weighted by molar-refractivity contribution is 7.92. The first-order valence-electron chi connectivity index (χ1n) is 6.06. The molecule has 2 rings (SSSR count). The van der Waals surface area contributed by atoms with Crippen molar-refractivity contribution in [2.24, 2.45) is 4.36 Å². The van der Waals surface area contributed by atoms with E-state index in [4.69, 9.17) is 4.74 Å². The molecule has 0 N–H and O–H groups in total. The van der Waals surface area contributed by atoms with Crippen LogP contribution in [0.25, 0.3) is 0 Å². The van der Waals surface area contributed by atoms with Gasteiger partial charge in [0.25, 0.3) is 0 Å². The van der Waals surface area contributed by atoms with Gasteiger partial charge in [-0.25, -0.2) is 9.16 Å². The number of carbonyl (C=O) groups excluding carboxylic acids is 1. The molecule has 0 aromatic heterocycles. The Labute approximate surface area is 113 Å². The van der Waals surface area contributed by atoms with E-state index in [1.807, 2.05) is 30.3 Å². The van der Waals surface area contributed by atoms with E-state index in [2.05, 4.69) is 4.36 Å². The van der Waals surface area contributed by atoms with E-state index in [9.17, 15) is 9.00 Å². The zero-order chi connectivity index (χ0) is 13.9. The second-order valence-electron chi connectivity index (χ2n) is 4.89. The SMILES string of the molecule is CS(C)(=O)=NC1CN(C(=O)OCc2ccccc2)C1. The molecule has 19 heavy (non-hydrogen) atoms. The second kappa shape index (κ2) is 5.61. The topological polar surface area (TPSA) is 59.0 Å². The third-order valence-electron chi connectivity index (χ3n) is 2.73. The van der Waals surface area contributed by atoms with Crippen LogP contribution in [0.2, 0.25) is 0 Å². The Hall–Kier alpha value is -1.56. The number of ether oxygens (including phenoxy) is 1. The quantitative estimate of drug-likeness (QED) is 0.848. The number of hydrogen-bond acceptors (Lipinski definition) is 4. The lowest BCUT2D eigenvalue weighted by Gasteiger charge is -2.35. The van der Waals surface area contributed by atoms with Crippen molar-refractivity contribution in [1.29, 1.82) is 0 Å². The van der Waals surface area contributed by atoms with Crippen LogP contribution < -0.4 is 0 Å². The summed E-state index contributed by atoms with van der Waals surface area (Å²) < 4.78 is 20.8. The average Bonchev–Trinajstić information content (AvgIpc) is 2.30. The van der Waals surface area contributed by atoms with Crippen LogP contribution in [0.5, 0.6) is 0 Å². The van der Waals surface area contributed by atoms with E-state index < -0.39 is 9.73 Å². The molecular formula is C13H18N2O3S. The minimum atomic E-state index is -2.09. The van der Waals surface area contributed by atoms with Crippen LogP contribution in [0.15, 0.2) is 34.7 Å². The van der Waals surface area contributed by atoms with E-state index in [0.29, 0.717) is 13.1 Å². The zero-order valence-electron chi connectivity index (χ0n) is 11.1. The first kappa shape index (κ1) is 13.9. The molecule has 0 atom stereocenters. The number of hydrogen-bond donors (Lipinski definition) is 0. The molecule has 0 aliphatic carbocycles. The summed E-state index contributed by atoms with van der Waals surface area (Å²) in [6, 6.07) is 9.52. The van der Waals surface area contributed by atoms with Gasteiger partial charge in [-0.1, -0.05) is 30.3 Å². The average molecular weight is 282 g/mol. The molecule has 0 radical (unpaired) electrons. The van der Waals surface area contributed by atoms with E-state index in [1.54, 1.807) is 17.4 Å². The number of amides is 1. The van der Waals surface area contributed by atoms with Gasteiger partial charge in [-0.2, -0.15) is 0 Å². The Morgan fingerprint density at radius 2 is 2.00 bits per heavy atom. The normalized spacial score (nSPS) is 15.8. The lowest BCUT2D eigenvalue weighted by molar-refractivity contribution is 0.0681. The predicted molar refractivity (Wildman–Crippen MR) is 74.4 cm³/mol. The Morgan fingerprint density at radius 3 is 2.58 bits per heavy atom. The molecule has 0 bridgehead atoms. The van der Waals surface area contributed by atoms with Crippen molar-refractivity contribution in [3.8, 4) is 0 Å². The van der Waals surface area contributed by atoms with Crippen molar-refractivity contribution in [3.63, 3.8) is 0 Å². The maximum atomic E-state index is 11.7. The fourth-order valence-electron chi connectivity index (χ4n) is 1.84. The van der Waals surface area contributed by atoms with Crippen molar-refractivity contribution in [1.82, 2.24) is 4.90 Å². The van der Waals surface area contributed by atoms with Crippen LogP contribution in [-0.4, -0.2) is 46.8 Å². The highest BCUT2D eigenvalue weighted by Gasteiger charge is 2.31. The van der Waals surface area contributed by atoms with E-state index in [0.717, 1.165) is 5.56 Å². The maximum absolute atomic E-state index is 11.7. The van der Waals surface area contributed by atoms with Gasteiger partial charge in [0, 0.05) is 35.3 Å². The number of likely N-dealkylation sites (tertiary alicyclic amines) is 1. The molecule has 1 fully saturated rings. The second-order valence-corrected chi connectivity index (χ2v) is 7.46. The predicted octanol–water partition coefficient (Wildman–Crippen LogP) is 1.74. The van der Waals surface area contributed by atoms with Crippen molar-refractivity contribution >= 4 is 15.8 Å². The molecule has 5 nitrogen and oxygen atoms in total. The molecule has 1 aliphatic heterocycles. The Morgan fingerprint density at radius 1 is 1.37 bits per heavy atom. The van der Waals surface area contributed by atoms with E-state index in [-0.39, 0.29) is 18.7 Å². The van der Waals surface area contributed by atoms with Gasteiger partial charge in [0.1, 0.15) is 6.61 Å². The summed E-state index contributed by atoms with van der Waals surface area (Å²) in [5, 5.41) is 0. The number of rotatable bonds is 3. The number of carbonyl (C=O) groups is 1. The summed E-state index contributed by atoms with van der Waals surface area (Å²) >= 11 is 0. The van der Waals surface area contributed by atoms with Gasteiger partial charge in [-0.15, -0.1) is 0 Å². The molecule has 6 heteroatoms. The molecule has 1 saturated heterocycles. The van der Waals surface area contributed by atoms with Crippen molar-refractivity contribution in [3.05, 3.63) is 35.9 Å². The van der Waals surface area contributed by atoms with Crippen LogP contribution in [0, 0.1) is 0 Å². The first-order chi connectivity index (χ1) is 8.94. The summed E-state index contributed by atoms with van der Waals surface area (Å²) in [6.07, 6.45) is 2.86. The smallest absolute Gasteiger partial charge is 0.410 e. The standard InChI is InChI=1S/C13H18N2O3S/c1-19(2,17)14-12-8-15(9-12)13(16)18-10-11-6-4-3-5-7-11/h3-7,12H,8-10H2,1-2H3. The largest absolute Gasteiger partial charge is 0.445 e. The fraction of sp³-hybridized carbons (Fsp3) is 0.462. The molecule has 0 unspecified atom stereocenters. The molecule has 1 amide bonds. The van der Waals surface area contributed by atoms with Gasteiger partial charge in [0.15, 0.2) is 0 Å². The van der Waals surface area contributed by atoms with Crippen LogP contribution in [0.4, 0.5) is 4.79 Å². The Balaban J connectivity index is 1.77. The molecule has 0 spiro atoms. The minimum absolute atomic E-state index is 0.0215. The molecular weight excluding hydrogens is 264 g/mol. The highest BCUT2D eigenvalue weighted by Crippen LogP contribution is 2.15. The lowest BCUT2D eigenvalue weighted by Crippen LogP contribution is -2.53. The van der Waals surface area contributed by atoms with Crippen LogP contribution in [0.3, 0.4) is 0 Å². The van der Waals surface area contributed by atoms with Gasteiger partial charge in [0.05, 0.1) is 6.04 Å². The summed E-state index contributed by atoms with van der Waals surface area (Å²) in [6.45, 7) is 1.26. The molecule has 104 valence electrons. The van der Waals surface area contributed by atoms with Crippen LogP contribution in [0.1, 0.15) is 5.56 Å². The monoisotopic (exact) mass is 282 g/mol. The molecule has 0 saturated carbocycles. The summed E-state index contributed by atoms with van der Waals surface area (Å²) in [4.78, 5) is 13.3. The third kappa shape index (κ3) is 4.24. The first-order valence-corrected chi connectivity index (χ1v) is 8.39. The Bertz CT molecular complexity index is 551. The lowest BCUT2D eigenvalue weighted by atomic mass is 10.1. The summed E-state index contributed by atoms with van der Waals surface area (Å²) in [7, 11) is -2.09. The molecule has 1 heterocycles. The van der Waals surface area contributed by atoms with Crippen LogP contribution in [-0.2, 0) is 21.1 Å². The Kier molecular flexibility index (Phi) is 4.09. The van der Waals surface area contributed by atoms with Crippen molar-refractivity contribution < 1.29 is 13.7 Å². The number of nitrogens with zero attached hydrogens (tertiary/aromatic N) is 2. The summed E-state index contributed by atoms with van der Waals surface area (Å²) in [5.41, 5.74) is 0.961. The van der Waals surface area contributed by atoms with Crippen LogP contribution >= 0.6 is 0 Å². The van der Waals surface area contributed by atoms with E-state index in [1.165, 1.54) is 0 Å². The zero-order valence-corrected chi connectivity index (χ0v) is 11.9. The van der Waals surface area contributed by atoms with E-state index >= 15 is 0 Å². The molecule has 1 aromatic carbocycles. The van der Waals surface area contributed by atoms with Gasteiger partial charge >= 0.3 is 6.09 Å². The van der Waals surface area contributed by atoms with Crippen molar-refractivity contribution in [2.45, 2.75) is 12.6 Å². The third-order valence-corrected chi connectivity index (χ3v) is 3.53.